The Morgan fingerprint density at radius 1 is 1.22 bits per heavy atom. The van der Waals surface area contributed by atoms with Crippen LogP contribution in [-0.2, 0) is 30.6 Å². The van der Waals surface area contributed by atoms with E-state index in [1.807, 2.05) is 0 Å². The molecule has 1 amide bonds. The molecule has 11 heteroatoms. The fourth-order valence-corrected chi connectivity index (χ4v) is 2.92. The van der Waals surface area contributed by atoms with Crippen LogP contribution in [0.25, 0.3) is 0 Å². The van der Waals surface area contributed by atoms with Crippen LogP contribution in [0.1, 0.15) is 27.3 Å². The van der Waals surface area contributed by atoms with Gasteiger partial charge in [-0.15, -0.1) is 0 Å². The van der Waals surface area contributed by atoms with Gasteiger partial charge in [-0.25, -0.2) is 9.59 Å². The average molecular weight is 404 g/mol. The van der Waals surface area contributed by atoms with Gasteiger partial charge in [0, 0.05) is 11.6 Å². The number of amides is 1. The van der Waals surface area contributed by atoms with Gasteiger partial charge in [-0.2, -0.15) is 18.3 Å². The van der Waals surface area contributed by atoms with Gasteiger partial charge in [-0.3, -0.25) is 4.68 Å². The third-order valence-electron chi connectivity index (χ3n) is 3.92. The monoisotopic (exact) mass is 403 g/mol. The lowest BCUT2D eigenvalue weighted by Gasteiger charge is -2.26. The number of ether oxygens (including phenoxy) is 1. The van der Waals surface area contributed by atoms with E-state index in [0.717, 1.165) is 12.1 Å². The zero-order chi connectivity index (χ0) is 19.8. The number of benzene rings is 1. The van der Waals surface area contributed by atoms with Crippen LogP contribution in [0.3, 0.4) is 0 Å². The molecule has 0 aliphatic carbocycles. The molecule has 2 aromatic rings. The lowest BCUT2D eigenvalue weighted by Crippen LogP contribution is -2.38. The number of carboxylic acid groups (broad SMARTS) is 1. The second-order valence-corrected chi connectivity index (χ2v) is 6.31. The quantitative estimate of drug-likeness (QED) is 0.849. The molecular weight excluding hydrogens is 391 g/mol. The van der Waals surface area contributed by atoms with Gasteiger partial charge in [0.25, 0.3) is 0 Å². The number of aromatic carboxylic acids is 1. The van der Waals surface area contributed by atoms with E-state index >= 15 is 0 Å². The van der Waals surface area contributed by atoms with Crippen LogP contribution in [0, 0.1) is 0 Å². The summed E-state index contributed by atoms with van der Waals surface area (Å²) in [7, 11) is 0. The molecule has 144 valence electrons. The van der Waals surface area contributed by atoms with Gasteiger partial charge in [0.1, 0.15) is 6.61 Å². The zero-order valence-electron chi connectivity index (χ0n) is 13.7. The summed E-state index contributed by atoms with van der Waals surface area (Å²) in [6, 6.07) is 4.30. The summed E-state index contributed by atoms with van der Waals surface area (Å²) >= 11 is 5.70. The van der Waals surface area contributed by atoms with Gasteiger partial charge < -0.3 is 14.7 Å². The number of halogens is 4. The standard InChI is InChI=1S/C16H13ClF3N3O4/c17-11-4-9(3-10(5-11)16(18,19)20)8-27-15(26)22-1-2-23-12(7-22)6-13(21-23)14(24)25/h3-6H,1-2,7-8H2,(H,24,25). The number of rotatable bonds is 3. The van der Waals surface area contributed by atoms with Crippen molar-refractivity contribution in [1.82, 2.24) is 14.7 Å². The number of carboxylic acids is 1. The van der Waals surface area contributed by atoms with Gasteiger partial charge in [0.15, 0.2) is 5.69 Å². The second-order valence-electron chi connectivity index (χ2n) is 5.87. The first-order valence-corrected chi connectivity index (χ1v) is 8.09. The molecule has 0 spiro atoms. The molecule has 3 rings (SSSR count). The predicted octanol–water partition coefficient (Wildman–Crippen LogP) is 3.41. The van der Waals surface area contributed by atoms with E-state index in [1.165, 1.54) is 21.7 Å². The van der Waals surface area contributed by atoms with Gasteiger partial charge >= 0.3 is 18.2 Å². The Labute approximate surface area is 155 Å². The summed E-state index contributed by atoms with van der Waals surface area (Å²) in [6.07, 6.45) is -5.29. The second kappa shape index (κ2) is 7.10. The van der Waals surface area contributed by atoms with Crippen LogP contribution in [0.4, 0.5) is 18.0 Å². The highest BCUT2D eigenvalue weighted by atomic mass is 35.5. The smallest absolute Gasteiger partial charge is 0.416 e. The molecule has 0 atom stereocenters. The predicted molar refractivity (Wildman–Crippen MR) is 86.2 cm³/mol. The number of aromatic nitrogens is 2. The van der Waals surface area contributed by atoms with Gasteiger partial charge in [-0.05, 0) is 29.8 Å². The molecule has 0 fully saturated rings. The van der Waals surface area contributed by atoms with Crippen LogP contribution in [0.5, 0.6) is 0 Å². The average Bonchev–Trinajstić information content (AvgIpc) is 3.02. The molecule has 2 heterocycles. The Morgan fingerprint density at radius 3 is 2.63 bits per heavy atom. The van der Waals surface area contributed by atoms with Crippen molar-refractivity contribution >= 4 is 23.7 Å². The lowest BCUT2D eigenvalue weighted by molar-refractivity contribution is -0.137. The lowest BCUT2D eigenvalue weighted by atomic mass is 10.1. The SMILES string of the molecule is O=C(O)c1cc2n(n1)CCN(C(=O)OCc1cc(Cl)cc(C(F)(F)F)c1)C2. The molecule has 27 heavy (non-hydrogen) atoms. The topological polar surface area (TPSA) is 84.7 Å². The zero-order valence-corrected chi connectivity index (χ0v) is 14.4. The van der Waals surface area contributed by atoms with Crippen molar-refractivity contribution < 1.29 is 32.6 Å². The molecule has 0 unspecified atom stereocenters. The van der Waals surface area contributed by atoms with E-state index < -0.39 is 23.8 Å². The largest absolute Gasteiger partial charge is 0.476 e. The van der Waals surface area contributed by atoms with Crippen LogP contribution in [0.15, 0.2) is 24.3 Å². The first kappa shape index (κ1) is 19.0. The first-order valence-electron chi connectivity index (χ1n) is 7.72. The van der Waals surface area contributed by atoms with Gasteiger partial charge in [0.2, 0.25) is 0 Å². The number of fused-ring (bicyclic) bond motifs is 1. The van der Waals surface area contributed by atoms with Gasteiger partial charge in [0.05, 0.1) is 24.3 Å². The third-order valence-corrected chi connectivity index (χ3v) is 4.14. The fraction of sp³-hybridized carbons (Fsp3) is 0.312. The summed E-state index contributed by atoms with van der Waals surface area (Å²) in [5.41, 5.74) is -0.418. The summed E-state index contributed by atoms with van der Waals surface area (Å²) in [5, 5.41) is 12.7. The molecule has 0 saturated carbocycles. The van der Waals surface area contributed by atoms with Crippen molar-refractivity contribution in [3.05, 3.63) is 51.8 Å². The molecule has 0 bridgehead atoms. The minimum atomic E-state index is -4.56. The maximum Gasteiger partial charge on any atom is 0.416 e. The number of hydrogen-bond donors (Lipinski definition) is 1. The summed E-state index contributed by atoms with van der Waals surface area (Å²) < 4.78 is 45.0. The summed E-state index contributed by atoms with van der Waals surface area (Å²) in [6.45, 7) is 0.226. The van der Waals surface area contributed by atoms with E-state index in [-0.39, 0.29) is 42.5 Å². The van der Waals surface area contributed by atoms with Crippen molar-refractivity contribution in [3.63, 3.8) is 0 Å². The van der Waals surface area contributed by atoms with Gasteiger partial charge in [-0.1, -0.05) is 11.6 Å². The number of carbonyl (C=O) groups excluding carboxylic acids is 1. The minimum Gasteiger partial charge on any atom is -0.476 e. The maximum absolute atomic E-state index is 12.8. The van der Waals surface area contributed by atoms with Crippen molar-refractivity contribution in [1.29, 1.82) is 0 Å². The molecular formula is C16H13ClF3N3O4. The molecule has 0 radical (unpaired) electrons. The number of carbonyl (C=O) groups is 2. The molecule has 1 aliphatic heterocycles. The van der Waals surface area contributed by atoms with Crippen molar-refractivity contribution in [2.75, 3.05) is 6.54 Å². The first-order chi connectivity index (χ1) is 12.6. The van der Waals surface area contributed by atoms with E-state index in [4.69, 9.17) is 21.4 Å². The maximum atomic E-state index is 12.8. The summed E-state index contributed by atoms with van der Waals surface area (Å²) in [4.78, 5) is 24.5. The van der Waals surface area contributed by atoms with Crippen LogP contribution < -0.4 is 0 Å². The molecule has 1 aromatic heterocycles. The summed E-state index contributed by atoms with van der Waals surface area (Å²) in [5.74, 6) is -1.17. The number of nitrogens with zero attached hydrogens (tertiary/aromatic N) is 3. The van der Waals surface area contributed by atoms with Crippen molar-refractivity contribution in [2.45, 2.75) is 25.9 Å². The Kier molecular flexibility index (Phi) is 5.01. The van der Waals surface area contributed by atoms with E-state index in [0.29, 0.717) is 5.69 Å². The van der Waals surface area contributed by atoms with Crippen molar-refractivity contribution in [3.8, 4) is 0 Å². The third kappa shape index (κ3) is 4.33. The molecule has 7 nitrogen and oxygen atoms in total. The normalized spacial score (nSPS) is 14.0. The Hall–Kier alpha value is -2.75. The molecule has 1 N–H and O–H groups in total. The highest BCUT2D eigenvalue weighted by molar-refractivity contribution is 6.30. The number of alkyl halides is 3. The highest BCUT2D eigenvalue weighted by Crippen LogP contribution is 2.32. The van der Waals surface area contributed by atoms with Crippen LogP contribution in [-0.4, -0.2) is 38.4 Å². The van der Waals surface area contributed by atoms with Crippen molar-refractivity contribution in [2.24, 2.45) is 0 Å². The van der Waals surface area contributed by atoms with E-state index in [9.17, 15) is 22.8 Å². The molecule has 1 aliphatic rings. The van der Waals surface area contributed by atoms with E-state index in [2.05, 4.69) is 5.10 Å². The Bertz CT molecular complexity index is 898. The molecule has 1 aromatic carbocycles. The fourth-order valence-electron chi connectivity index (χ4n) is 2.66. The van der Waals surface area contributed by atoms with E-state index in [1.54, 1.807) is 0 Å². The molecule has 0 saturated heterocycles. The minimum absolute atomic E-state index is 0.0858. The van der Waals surface area contributed by atoms with Crippen LogP contribution in [0.2, 0.25) is 5.02 Å². The Morgan fingerprint density at radius 2 is 1.96 bits per heavy atom. The number of hydrogen-bond acceptors (Lipinski definition) is 4. The van der Waals surface area contributed by atoms with Crippen LogP contribution >= 0.6 is 11.6 Å². The highest BCUT2D eigenvalue weighted by Gasteiger charge is 2.31. The Balaban J connectivity index is 1.65.